The number of amides is 1. The monoisotopic (exact) mass is 393 g/mol. The van der Waals surface area contributed by atoms with Crippen molar-refractivity contribution in [1.82, 2.24) is 5.32 Å². The molecule has 1 aliphatic rings. The van der Waals surface area contributed by atoms with Gasteiger partial charge < -0.3 is 10.1 Å². The molecule has 3 rings (SSSR count). The van der Waals surface area contributed by atoms with Crippen LogP contribution in [0.4, 0.5) is 8.78 Å². The number of rotatable bonds is 6. The third-order valence-corrected chi connectivity index (χ3v) is 4.93. The van der Waals surface area contributed by atoms with Gasteiger partial charge in [0.05, 0.1) is 11.5 Å². The minimum Gasteiger partial charge on any atom is -0.455 e. The van der Waals surface area contributed by atoms with Gasteiger partial charge in [0.25, 0.3) is 5.91 Å². The zero-order valence-corrected chi connectivity index (χ0v) is 15.4. The Bertz CT molecular complexity index is 866. The van der Waals surface area contributed by atoms with E-state index in [1.165, 1.54) is 6.07 Å². The Morgan fingerprint density at radius 2 is 1.85 bits per heavy atom. The molecule has 0 radical (unpaired) electrons. The minimum atomic E-state index is -0.750. The first-order valence-electron chi connectivity index (χ1n) is 8.49. The van der Waals surface area contributed by atoms with Crippen molar-refractivity contribution < 1.29 is 23.1 Å². The molecular weight excluding hydrogens is 376 g/mol. The van der Waals surface area contributed by atoms with Crippen LogP contribution in [0.25, 0.3) is 0 Å². The summed E-state index contributed by atoms with van der Waals surface area (Å²) in [6.07, 6.45) is 1.29. The fourth-order valence-corrected chi connectivity index (χ4v) is 3.11. The van der Waals surface area contributed by atoms with Gasteiger partial charge in [-0.15, -0.1) is 0 Å². The molecule has 1 unspecified atom stereocenters. The Morgan fingerprint density at radius 1 is 1.19 bits per heavy atom. The summed E-state index contributed by atoms with van der Waals surface area (Å²) in [6, 6.07) is 9.40. The van der Waals surface area contributed by atoms with Crippen LogP contribution in [-0.2, 0) is 19.7 Å². The van der Waals surface area contributed by atoms with Crippen LogP contribution in [0.1, 0.15) is 36.9 Å². The lowest BCUT2D eigenvalue weighted by Crippen LogP contribution is -2.33. The highest BCUT2D eigenvalue weighted by Crippen LogP contribution is 2.49. The smallest absolute Gasteiger partial charge is 0.317 e. The highest BCUT2D eigenvalue weighted by molar-refractivity contribution is 6.30. The van der Waals surface area contributed by atoms with E-state index in [2.05, 4.69) is 5.32 Å². The highest BCUT2D eigenvalue weighted by Gasteiger charge is 2.52. The second kappa shape index (κ2) is 7.64. The van der Waals surface area contributed by atoms with E-state index >= 15 is 0 Å². The summed E-state index contributed by atoms with van der Waals surface area (Å²) in [6.45, 7) is 1.09. The summed E-state index contributed by atoms with van der Waals surface area (Å²) in [7, 11) is 0. The van der Waals surface area contributed by atoms with Gasteiger partial charge in [-0.2, -0.15) is 0 Å². The molecule has 0 saturated heterocycles. The Labute approximate surface area is 160 Å². The van der Waals surface area contributed by atoms with Crippen LogP contribution in [0.2, 0.25) is 5.02 Å². The molecule has 2 aromatic rings. The Morgan fingerprint density at radius 3 is 2.44 bits per heavy atom. The largest absolute Gasteiger partial charge is 0.455 e. The van der Waals surface area contributed by atoms with Gasteiger partial charge in [-0.1, -0.05) is 29.8 Å². The predicted octanol–water partition coefficient (Wildman–Crippen LogP) is 4.07. The third-order valence-electron chi connectivity index (χ3n) is 4.68. The number of esters is 1. The molecule has 0 bridgehead atoms. The molecule has 2 aromatic carbocycles. The molecule has 1 aliphatic carbocycles. The number of hydrogen-bond acceptors (Lipinski definition) is 3. The van der Waals surface area contributed by atoms with Crippen LogP contribution in [0.3, 0.4) is 0 Å². The number of ether oxygens (including phenoxy) is 1. The van der Waals surface area contributed by atoms with Crippen LogP contribution < -0.4 is 5.32 Å². The molecule has 1 fully saturated rings. The summed E-state index contributed by atoms with van der Waals surface area (Å²) in [5.41, 5.74) is 0.231. The second-order valence-electron chi connectivity index (χ2n) is 6.62. The molecular formula is C20H18ClF2NO3. The fraction of sp³-hybridized carbons (Fsp3) is 0.300. The molecule has 0 aliphatic heterocycles. The van der Waals surface area contributed by atoms with E-state index in [4.69, 9.17) is 16.3 Å². The lowest BCUT2D eigenvalue weighted by atomic mass is 9.96. The van der Waals surface area contributed by atoms with Crippen molar-refractivity contribution in [2.24, 2.45) is 0 Å². The van der Waals surface area contributed by atoms with Gasteiger partial charge in [0.15, 0.2) is 6.61 Å². The molecule has 1 amide bonds. The van der Waals surface area contributed by atoms with Crippen molar-refractivity contribution in [3.8, 4) is 0 Å². The van der Waals surface area contributed by atoms with Crippen molar-refractivity contribution in [3.05, 3.63) is 70.2 Å². The first-order chi connectivity index (χ1) is 12.8. The summed E-state index contributed by atoms with van der Waals surface area (Å²) in [4.78, 5) is 24.5. The molecule has 0 spiro atoms. The molecule has 1 saturated carbocycles. The van der Waals surface area contributed by atoms with E-state index in [-0.39, 0.29) is 5.56 Å². The van der Waals surface area contributed by atoms with E-state index in [9.17, 15) is 18.4 Å². The topological polar surface area (TPSA) is 55.4 Å². The van der Waals surface area contributed by atoms with Crippen molar-refractivity contribution in [1.29, 1.82) is 0 Å². The predicted molar refractivity (Wildman–Crippen MR) is 96.2 cm³/mol. The fourth-order valence-electron chi connectivity index (χ4n) is 2.99. The number of halogens is 3. The van der Waals surface area contributed by atoms with Crippen LogP contribution >= 0.6 is 11.6 Å². The zero-order chi connectivity index (χ0) is 19.6. The molecule has 4 nitrogen and oxygen atoms in total. The van der Waals surface area contributed by atoms with Crippen molar-refractivity contribution in [2.75, 3.05) is 6.61 Å². The maximum absolute atomic E-state index is 13.8. The van der Waals surface area contributed by atoms with Crippen LogP contribution in [0, 0.1) is 11.6 Å². The summed E-state index contributed by atoms with van der Waals surface area (Å²) < 4.78 is 31.9. The van der Waals surface area contributed by atoms with Gasteiger partial charge in [0.2, 0.25) is 0 Å². The average Bonchev–Trinajstić information content (AvgIpc) is 3.42. The summed E-state index contributed by atoms with van der Waals surface area (Å²) in [5, 5.41) is 3.11. The third kappa shape index (κ3) is 4.27. The maximum atomic E-state index is 13.8. The molecule has 0 heterocycles. The molecule has 142 valence electrons. The normalized spacial score (nSPS) is 15.7. The Kier molecular flexibility index (Phi) is 5.46. The Hall–Kier alpha value is -2.47. The number of benzene rings is 2. The quantitative estimate of drug-likeness (QED) is 0.753. The average molecular weight is 394 g/mol. The number of nitrogens with one attached hydrogen (secondary N) is 1. The highest BCUT2D eigenvalue weighted by atomic mass is 35.5. The maximum Gasteiger partial charge on any atom is 0.317 e. The van der Waals surface area contributed by atoms with E-state index in [0.717, 1.165) is 17.7 Å². The molecule has 1 atom stereocenters. The SMILES string of the molecule is CC(NC(=O)COC(=O)C1(c2ccc(Cl)cc2)CC1)c1ccc(F)cc1F. The second-order valence-corrected chi connectivity index (χ2v) is 7.06. The standard InChI is InChI=1S/C20H18ClF2NO3/c1-12(16-7-6-15(22)10-17(16)23)24-18(25)11-27-19(26)20(8-9-20)13-2-4-14(21)5-3-13/h2-7,10,12H,8-9,11H2,1H3,(H,24,25). The first kappa shape index (κ1) is 19.3. The van der Waals surface area contributed by atoms with Crippen molar-refractivity contribution in [3.63, 3.8) is 0 Å². The van der Waals surface area contributed by atoms with Gasteiger partial charge in [-0.3, -0.25) is 9.59 Å². The van der Waals surface area contributed by atoms with Crippen molar-refractivity contribution in [2.45, 2.75) is 31.2 Å². The van der Waals surface area contributed by atoms with Crippen molar-refractivity contribution >= 4 is 23.5 Å². The summed E-state index contributed by atoms with van der Waals surface area (Å²) in [5.74, 6) is -2.48. The lowest BCUT2D eigenvalue weighted by molar-refractivity contribution is -0.151. The summed E-state index contributed by atoms with van der Waals surface area (Å²) >= 11 is 5.87. The van der Waals surface area contributed by atoms with E-state index in [1.54, 1.807) is 31.2 Å². The van der Waals surface area contributed by atoms with Gasteiger partial charge in [-0.25, -0.2) is 8.78 Å². The van der Waals surface area contributed by atoms with E-state index < -0.39 is 41.6 Å². The van der Waals surface area contributed by atoms with Crippen LogP contribution in [0.15, 0.2) is 42.5 Å². The lowest BCUT2D eigenvalue weighted by Gasteiger charge is -2.17. The molecule has 0 aromatic heterocycles. The van der Waals surface area contributed by atoms with Gasteiger partial charge in [-0.05, 0) is 43.5 Å². The molecule has 1 N–H and O–H groups in total. The van der Waals surface area contributed by atoms with Gasteiger partial charge in [0, 0.05) is 16.7 Å². The zero-order valence-electron chi connectivity index (χ0n) is 14.6. The van der Waals surface area contributed by atoms with E-state index in [1.807, 2.05) is 0 Å². The molecule has 7 heteroatoms. The van der Waals surface area contributed by atoms with Crippen LogP contribution in [0.5, 0.6) is 0 Å². The van der Waals surface area contributed by atoms with E-state index in [0.29, 0.717) is 17.9 Å². The Balaban J connectivity index is 1.56. The number of carbonyl (C=O) groups excluding carboxylic acids is 2. The first-order valence-corrected chi connectivity index (χ1v) is 8.87. The molecule has 27 heavy (non-hydrogen) atoms. The number of hydrogen-bond donors (Lipinski definition) is 1. The minimum absolute atomic E-state index is 0.149. The van der Waals surface area contributed by atoms with Gasteiger partial charge >= 0.3 is 5.97 Å². The number of carbonyl (C=O) groups is 2. The van der Waals surface area contributed by atoms with Crippen LogP contribution in [-0.4, -0.2) is 18.5 Å². The van der Waals surface area contributed by atoms with Gasteiger partial charge in [0.1, 0.15) is 11.6 Å².